The molecule has 1 heterocycles. The van der Waals surface area contributed by atoms with E-state index in [4.69, 9.17) is 4.74 Å². The quantitative estimate of drug-likeness (QED) is 0.860. The lowest BCUT2D eigenvalue weighted by Crippen LogP contribution is -2.14. The van der Waals surface area contributed by atoms with Crippen LogP contribution in [0.15, 0.2) is 35.4 Å². The van der Waals surface area contributed by atoms with Crippen LogP contribution >= 0.6 is 11.8 Å². The summed E-state index contributed by atoms with van der Waals surface area (Å²) in [6, 6.07) is 7.65. The molecule has 0 aliphatic rings. The van der Waals surface area contributed by atoms with Gasteiger partial charge < -0.3 is 10.1 Å². The topological polar surface area (TPSA) is 56.1 Å². The lowest BCUT2D eigenvalue weighted by atomic mass is 10.3. The second-order valence-corrected chi connectivity index (χ2v) is 5.37. The van der Waals surface area contributed by atoms with Crippen molar-refractivity contribution < 1.29 is 9.53 Å². The summed E-state index contributed by atoms with van der Waals surface area (Å²) < 4.78 is 6.83. The van der Waals surface area contributed by atoms with Gasteiger partial charge in [-0.05, 0) is 25.1 Å². The third-order valence-corrected chi connectivity index (χ3v) is 3.69. The van der Waals surface area contributed by atoms with Crippen LogP contribution in [-0.2, 0) is 11.8 Å². The Labute approximate surface area is 122 Å². The Morgan fingerprint density at radius 1 is 1.50 bits per heavy atom. The fourth-order valence-electron chi connectivity index (χ4n) is 1.75. The molecule has 5 nitrogen and oxygen atoms in total. The Bertz CT molecular complexity index is 610. The molecule has 0 spiro atoms. The van der Waals surface area contributed by atoms with Crippen LogP contribution in [0.25, 0.3) is 0 Å². The number of rotatable bonds is 5. The fraction of sp³-hybridized carbons (Fsp3) is 0.286. The van der Waals surface area contributed by atoms with Crippen LogP contribution in [0, 0.1) is 6.92 Å². The minimum absolute atomic E-state index is 0.0473. The zero-order valence-electron chi connectivity index (χ0n) is 11.7. The van der Waals surface area contributed by atoms with Crippen LogP contribution in [0.3, 0.4) is 0 Å². The van der Waals surface area contributed by atoms with Crippen LogP contribution in [0.1, 0.15) is 5.69 Å². The van der Waals surface area contributed by atoms with Crippen molar-refractivity contribution >= 4 is 23.4 Å². The van der Waals surface area contributed by atoms with Gasteiger partial charge in [0.25, 0.3) is 0 Å². The lowest BCUT2D eigenvalue weighted by molar-refractivity contribution is -0.113. The maximum absolute atomic E-state index is 11.9. The monoisotopic (exact) mass is 291 g/mol. The average molecular weight is 291 g/mol. The van der Waals surface area contributed by atoms with Crippen LogP contribution < -0.4 is 10.1 Å². The van der Waals surface area contributed by atoms with E-state index >= 15 is 0 Å². The number of carbonyl (C=O) groups is 1. The number of methoxy groups -OCH3 is 1. The van der Waals surface area contributed by atoms with Crippen molar-refractivity contribution in [3.8, 4) is 5.75 Å². The SMILES string of the molecule is COc1cccc(SCC(=O)Nc2cn(C)nc2C)c1. The number of hydrogen-bond donors (Lipinski definition) is 1. The summed E-state index contributed by atoms with van der Waals surface area (Å²) in [5.74, 6) is 1.09. The molecule has 0 aliphatic carbocycles. The second kappa shape index (κ2) is 6.47. The summed E-state index contributed by atoms with van der Waals surface area (Å²) >= 11 is 1.47. The Balaban J connectivity index is 1.90. The average Bonchev–Trinajstić information content (AvgIpc) is 2.75. The van der Waals surface area contributed by atoms with E-state index in [0.29, 0.717) is 5.75 Å². The highest BCUT2D eigenvalue weighted by Gasteiger charge is 2.08. The maximum atomic E-state index is 11.9. The summed E-state index contributed by atoms with van der Waals surface area (Å²) in [6.45, 7) is 1.87. The largest absolute Gasteiger partial charge is 0.497 e. The number of hydrogen-bond acceptors (Lipinski definition) is 4. The molecule has 106 valence electrons. The van der Waals surface area contributed by atoms with E-state index in [1.54, 1.807) is 18.0 Å². The van der Waals surface area contributed by atoms with Gasteiger partial charge in [0.15, 0.2) is 0 Å². The van der Waals surface area contributed by atoms with Crippen molar-refractivity contribution in [2.45, 2.75) is 11.8 Å². The van der Waals surface area contributed by atoms with Crippen molar-refractivity contribution in [1.82, 2.24) is 9.78 Å². The molecular formula is C14H17N3O2S. The molecule has 0 unspecified atom stereocenters. The molecule has 6 heteroatoms. The predicted molar refractivity (Wildman–Crippen MR) is 80.3 cm³/mol. The molecule has 2 rings (SSSR count). The van der Waals surface area contributed by atoms with E-state index in [0.717, 1.165) is 22.0 Å². The summed E-state index contributed by atoms with van der Waals surface area (Å²) in [7, 11) is 3.45. The molecule has 0 aliphatic heterocycles. The maximum Gasteiger partial charge on any atom is 0.234 e. The summed E-state index contributed by atoms with van der Waals surface area (Å²) in [4.78, 5) is 12.9. The molecule has 20 heavy (non-hydrogen) atoms. The lowest BCUT2D eigenvalue weighted by Gasteiger charge is -2.05. The highest BCUT2D eigenvalue weighted by molar-refractivity contribution is 8.00. The fourth-order valence-corrected chi connectivity index (χ4v) is 2.49. The van der Waals surface area contributed by atoms with Gasteiger partial charge >= 0.3 is 0 Å². The molecule has 2 aromatic rings. The Morgan fingerprint density at radius 2 is 2.30 bits per heavy atom. The molecule has 1 amide bonds. The van der Waals surface area contributed by atoms with E-state index in [9.17, 15) is 4.79 Å². The first-order valence-electron chi connectivity index (χ1n) is 6.15. The standard InChI is InChI=1S/C14H17N3O2S/c1-10-13(8-17(2)16-10)15-14(18)9-20-12-6-4-5-11(7-12)19-3/h4-8H,9H2,1-3H3,(H,15,18). The molecule has 0 atom stereocenters. The van der Waals surface area contributed by atoms with E-state index in [-0.39, 0.29) is 5.91 Å². The number of amides is 1. The van der Waals surface area contributed by atoms with Crippen LogP contribution in [-0.4, -0.2) is 28.6 Å². The Hall–Kier alpha value is -1.95. The van der Waals surface area contributed by atoms with E-state index in [2.05, 4.69) is 10.4 Å². The summed E-state index contributed by atoms with van der Waals surface area (Å²) in [5.41, 5.74) is 1.57. The van der Waals surface area contributed by atoms with Crippen molar-refractivity contribution in [3.05, 3.63) is 36.2 Å². The normalized spacial score (nSPS) is 10.3. The van der Waals surface area contributed by atoms with Crippen LogP contribution in [0.4, 0.5) is 5.69 Å². The van der Waals surface area contributed by atoms with Gasteiger partial charge in [0.1, 0.15) is 5.75 Å². The van der Waals surface area contributed by atoms with Crippen molar-refractivity contribution in [2.75, 3.05) is 18.2 Å². The number of aromatic nitrogens is 2. The zero-order chi connectivity index (χ0) is 14.5. The number of thioether (sulfide) groups is 1. The van der Waals surface area contributed by atoms with Gasteiger partial charge in [0.2, 0.25) is 5.91 Å². The summed E-state index contributed by atoms with van der Waals surface area (Å²) in [5, 5.41) is 7.04. The van der Waals surface area contributed by atoms with E-state index < -0.39 is 0 Å². The molecular weight excluding hydrogens is 274 g/mol. The van der Waals surface area contributed by atoms with Crippen molar-refractivity contribution in [1.29, 1.82) is 0 Å². The second-order valence-electron chi connectivity index (χ2n) is 4.32. The highest BCUT2D eigenvalue weighted by Crippen LogP contribution is 2.23. The number of nitrogens with one attached hydrogen (secondary N) is 1. The molecule has 1 aromatic carbocycles. The van der Waals surface area contributed by atoms with Crippen molar-refractivity contribution in [2.24, 2.45) is 7.05 Å². The number of benzene rings is 1. The molecule has 1 aromatic heterocycles. The highest BCUT2D eigenvalue weighted by atomic mass is 32.2. The van der Waals surface area contributed by atoms with Gasteiger partial charge in [-0.1, -0.05) is 6.07 Å². The third-order valence-electron chi connectivity index (χ3n) is 2.70. The number of ether oxygens (including phenoxy) is 1. The number of nitrogens with zero attached hydrogens (tertiary/aromatic N) is 2. The first-order valence-corrected chi connectivity index (χ1v) is 7.14. The van der Waals surface area contributed by atoms with E-state index in [1.165, 1.54) is 11.8 Å². The molecule has 0 fully saturated rings. The van der Waals surface area contributed by atoms with Gasteiger partial charge in [-0.15, -0.1) is 11.8 Å². The summed E-state index contributed by atoms with van der Waals surface area (Å²) in [6.07, 6.45) is 1.80. The minimum Gasteiger partial charge on any atom is -0.497 e. The Morgan fingerprint density at radius 3 is 2.95 bits per heavy atom. The number of carbonyl (C=O) groups excluding carboxylic acids is 1. The van der Waals surface area contributed by atoms with E-state index in [1.807, 2.05) is 38.2 Å². The minimum atomic E-state index is -0.0473. The molecule has 0 bridgehead atoms. The van der Waals surface area contributed by atoms with Gasteiger partial charge in [0.05, 0.1) is 24.2 Å². The number of aryl methyl sites for hydroxylation is 2. The van der Waals surface area contributed by atoms with Crippen molar-refractivity contribution in [3.63, 3.8) is 0 Å². The first kappa shape index (κ1) is 14.5. The molecule has 1 N–H and O–H groups in total. The van der Waals surface area contributed by atoms with Gasteiger partial charge in [-0.2, -0.15) is 5.10 Å². The smallest absolute Gasteiger partial charge is 0.234 e. The zero-order valence-corrected chi connectivity index (χ0v) is 12.5. The molecule has 0 saturated heterocycles. The van der Waals surface area contributed by atoms with Crippen LogP contribution in [0.2, 0.25) is 0 Å². The van der Waals surface area contributed by atoms with Gasteiger partial charge in [-0.3, -0.25) is 9.48 Å². The van der Waals surface area contributed by atoms with Gasteiger partial charge in [-0.25, -0.2) is 0 Å². The van der Waals surface area contributed by atoms with Crippen LogP contribution in [0.5, 0.6) is 5.75 Å². The Kier molecular flexibility index (Phi) is 4.68. The predicted octanol–water partition coefficient (Wildman–Crippen LogP) is 2.47. The molecule has 0 radical (unpaired) electrons. The number of anilines is 1. The van der Waals surface area contributed by atoms with Gasteiger partial charge in [0, 0.05) is 18.1 Å². The third kappa shape index (κ3) is 3.77. The first-order chi connectivity index (χ1) is 9.58. The molecule has 0 saturated carbocycles.